The fourth-order valence-corrected chi connectivity index (χ4v) is 9.15. The van der Waals surface area contributed by atoms with E-state index in [2.05, 4.69) is 57.2 Å². The highest BCUT2D eigenvalue weighted by Gasteiger charge is 2.54. The molecule has 2 aromatic heterocycles. The second kappa shape index (κ2) is 15.6. The maximum atomic E-state index is 13.8. The Morgan fingerprint density at radius 2 is 1.55 bits per heavy atom. The van der Waals surface area contributed by atoms with E-state index in [9.17, 15) is 14.4 Å². The van der Waals surface area contributed by atoms with Gasteiger partial charge in [0.05, 0.1) is 18.3 Å². The molecular weight excluding hydrogens is 729 g/mol. The number of nitrogens with zero attached hydrogens (tertiary/aromatic N) is 4. The predicted octanol–water partition coefficient (Wildman–Crippen LogP) is 6.20. The van der Waals surface area contributed by atoms with Crippen molar-refractivity contribution >= 4 is 69.1 Å². The number of hydrogen-bond acceptors (Lipinski definition) is 12. The Hall–Kier alpha value is -5.57. The summed E-state index contributed by atoms with van der Waals surface area (Å²) in [5.41, 5.74) is 5.74. The molecule has 14 heteroatoms. The van der Waals surface area contributed by atoms with E-state index in [1.54, 1.807) is 10.9 Å². The van der Waals surface area contributed by atoms with Gasteiger partial charge in [-0.1, -0.05) is 102 Å². The minimum Gasteiger partial charge on any atom is -0.464 e. The number of esters is 1. The van der Waals surface area contributed by atoms with Crippen molar-refractivity contribution in [3.63, 3.8) is 0 Å². The second-order valence-electron chi connectivity index (χ2n) is 12.0. The minimum absolute atomic E-state index is 0.0964. The molecule has 0 saturated carbocycles. The van der Waals surface area contributed by atoms with E-state index in [0.29, 0.717) is 16.5 Å². The lowest BCUT2D eigenvalue weighted by molar-refractivity contribution is -0.151. The number of β-lactam (4-membered cyclic amide) rings is 1. The number of hydrogen-bond donors (Lipinski definition) is 2. The summed E-state index contributed by atoms with van der Waals surface area (Å²) >= 11 is 4.24. The number of aryl methyl sites for hydroxylation is 1. The lowest BCUT2D eigenvalue weighted by Gasteiger charge is -2.49. The van der Waals surface area contributed by atoms with Gasteiger partial charge in [0.25, 0.3) is 11.8 Å². The zero-order chi connectivity index (χ0) is 37.0. The molecule has 2 N–H and O–H groups in total. The van der Waals surface area contributed by atoms with Gasteiger partial charge in [0.15, 0.2) is 10.8 Å². The quantitative estimate of drug-likeness (QED) is 0.0501. The zero-order valence-electron chi connectivity index (χ0n) is 28.9. The number of fused-ring (bicyclic) bond motifs is 1. The van der Waals surface area contributed by atoms with E-state index in [1.165, 1.54) is 53.6 Å². The van der Waals surface area contributed by atoms with E-state index in [4.69, 9.17) is 14.6 Å². The van der Waals surface area contributed by atoms with Crippen LogP contribution in [0.5, 0.6) is 0 Å². The molecule has 11 nitrogen and oxygen atoms in total. The van der Waals surface area contributed by atoms with E-state index in [-0.39, 0.29) is 17.1 Å². The van der Waals surface area contributed by atoms with Crippen LogP contribution in [0, 0.1) is 6.92 Å². The van der Waals surface area contributed by atoms with Crippen LogP contribution in [0.4, 0.5) is 5.13 Å². The molecule has 0 radical (unpaired) electrons. The van der Waals surface area contributed by atoms with Gasteiger partial charge in [0.1, 0.15) is 35.5 Å². The first-order valence-corrected chi connectivity index (χ1v) is 19.3. The third-order valence-corrected chi connectivity index (χ3v) is 11.9. The van der Waals surface area contributed by atoms with E-state index in [0.717, 1.165) is 27.3 Å². The molecule has 5 aromatic rings. The number of ether oxygens (including phenoxy) is 1. The third-order valence-electron chi connectivity index (χ3n) is 8.94. The smallest absolute Gasteiger partial charge is 0.355 e. The molecule has 2 atom stereocenters. The largest absolute Gasteiger partial charge is 0.464 e. The van der Waals surface area contributed by atoms with Crippen molar-refractivity contribution in [3.05, 3.63) is 152 Å². The average Bonchev–Trinajstić information content (AvgIpc) is 3.85. The van der Waals surface area contributed by atoms with Crippen LogP contribution < -0.4 is 10.6 Å². The van der Waals surface area contributed by atoms with Gasteiger partial charge in [-0.25, -0.2) is 14.8 Å². The molecule has 2 unspecified atom stereocenters. The fraction of sp³-hybridized carbons (Fsp3) is 0.179. The van der Waals surface area contributed by atoms with Crippen molar-refractivity contribution in [1.29, 1.82) is 0 Å². The second-order valence-corrected chi connectivity index (χ2v) is 14.8. The van der Waals surface area contributed by atoms with Gasteiger partial charge in [-0.3, -0.25) is 14.5 Å². The highest BCUT2D eigenvalue weighted by atomic mass is 32.2. The average molecular weight is 763 g/mol. The first-order chi connectivity index (χ1) is 25.8. The van der Waals surface area contributed by atoms with Crippen LogP contribution >= 0.6 is 34.4 Å². The number of benzene rings is 3. The van der Waals surface area contributed by atoms with Crippen LogP contribution in [0.25, 0.3) is 6.08 Å². The van der Waals surface area contributed by atoms with Crippen LogP contribution in [0.1, 0.15) is 33.0 Å². The number of allylic oxidation sites excluding steroid dienone is 1. The molecule has 2 amide bonds. The Morgan fingerprint density at radius 1 is 0.925 bits per heavy atom. The Balaban J connectivity index is 1.15. The Labute approximate surface area is 318 Å². The summed E-state index contributed by atoms with van der Waals surface area (Å²) in [4.78, 5) is 56.9. The standard InChI is InChI=1S/C39H34N6O5S3/c1-24-30(53-23-40-24)20-19-25-21-51-36-32(35(47)45(36)33(25)37(48)49-2)42-34(46)31(44-50-3)29-22-52-38(41-29)43-39(26-13-7-4-8-14-26,27-15-9-5-10-16-27)28-17-11-6-12-18-28/h4-20,22-23,32,36H,21H2,1-3H3,(H,41,43)(H,42,46)/b20-19-,44-31+. The van der Waals surface area contributed by atoms with Gasteiger partial charge in [0, 0.05) is 16.0 Å². The van der Waals surface area contributed by atoms with E-state index >= 15 is 0 Å². The van der Waals surface area contributed by atoms with Crippen molar-refractivity contribution < 1.29 is 24.0 Å². The number of carbonyl (C=O) groups is 3. The van der Waals surface area contributed by atoms with Crippen molar-refractivity contribution in [2.45, 2.75) is 23.9 Å². The Morgan fingerprint density at radius 3 is 2.09 bits per heavy atom. The highest BCUT2D eigenvalue weighted by Crippen LogP contribution is 2.42. The lowest BCUT2D eigenvalue weighted by atomic mass is 9.77. The van der Waals surface area contributed by atoms with Gasteiger partial charge < -0.3 is 20.2 Å². The van der Waals surface area contributed by atoms with Crippen LogP contribution in [0.15, 0.2) is 124 Å². The summed E-state index contributed by atoms with van der Waals surface area (Å²) in [6.07, 6.45) is 3.69. The number of thioether (sulfide) groups is 1. The number of carbonyl (C=O) groups excluding carboxylic acids is 3. The molecular formula is C39H34N6O5S3. The molecule has 0 aliphatic carbocycles. The number of amides is 2. The molecule has 3 aromatic carbocycles. The number of rotatable bonds is 12. The molecule has 1 fully saturated rings. The topological polar surface area (TPSA) is 135 Å². The lowest BCUT2D eigenvalue weighted by Crippen LogP contribution is -2.71. The van der Waals surface area contributed by atoms with Crippen molar-refractivity contribution in [1.82, 2.24) is 20.2 Å². The third kappa shape index (κ3) is 6.88. The normalized spacial score (nSPS) is 17.3. The Kier molecular flexibility index (Phi) is 10.5. The van der Waals surface area contributed by atoms with Gasteiger partial charge >= 0.3 is 5.97 Å². The molecule has 0 spiro atoms. The predicted molar refractivity (Wildman–Crippen MR) is 208 cm³/mol. The van der Waals surface area contributed by atoms with Gasteiger partial charge in [0.2, 0.25) is 0 Å². The molecule has 7 rings (SSSR count). The number of nitrogens with one attached hydrogen (secondary N) is 2. The molecule has 4 heterocycles. The van der Waals surface area contributed by atoms with Gasteiger partial charge in [-0.05, 0) is 35.3 Å². The van der Waals surface area contributed by atoms with Crippen molar-refractivity contribution in [2.75, 3.05) is 25.3 Å². The van der Waals surface area contributed by atoms with Crippen molar-refractivity contribution in [3.8, 4) is 0 Å². The maximum Gasteiger partial charge on any atom is 0.355 e. The fourth-order valence-electron chi connectivity index (χ4n) is 6.39. The number of anilines is 1. The summed E-state index contributed by atoms with van der Waals surface area (Å²) in [5, 5.41) is 12.3. The zero-order valence-corrected chi connectivity index (χ0v) is 31.3. The molecule has 53 heavy (non-hydrogen) atoms. The summed E-state index contributed by atoms with van der Waals surface area (Å²) < 4.78 is 5.07. The van der Waals surface area contributed by atoms with Crippen LogP contribution in [0.3, 0.4) is 0 Å². The monoisotopic (exact) mass is 762 g/mol. The number of oxime groups is 1. The molecule has 2 aliphatic heterocycles. The van der Waals surface area contributed by atoms with Crippen LogP contribution in [-0.2, 0) is 29.5 Å². The van der Waals surface area contributed by atoms with E-state index < -0.39 is 34.7 Å². The first kappa shape index (κ1) is 35.8. The number of methoxy groups -OCH3 is 1. The number of aromatic nitrogens is 2. The molecule has 0 bridgehead atoms. The maximum absolute atomic E-state index is 13.8. The summed E-state index contributed by atoms with van der Waals surface area (Å²) in [7, 11) is 2.62. The highest BCUT2D eigenvalue weighted by molar-refractivity contribution is 8.00. The summed E-state index contributed by atoms with van der Waals surface area (Å²) in [6.45, 7) is 1.90. The van der Waals surface area contributed by atoms with E-state index in [1.807, 2.05) is 73.7 Å². The van der Waals surface area contributed by atoms with Crippen LogP contribution in [0.2, 0.25) is 0 Å². The summed E-state index contributed by atoms with van der Waals surface area (Å²) in [5.74, 6) is -1.29. The molecule has 2 aliphatic rings. The summed E-state index contributed by atoms with van der Waals surface area (Å²) in [6, 6.07) is 29.4. The van der Waals surface area contributed by atoms with Gasteiger partial charge in [-0.15, -0.1) is 34.4 Å². The van der Waals surface area contributed by atoms with Gasteiger partial charge in [-0.2, -0.15) is 0 Å². The minimum atomic E-state index is -0.915. The molecule has 268 valence electrons. The van der Waals surface area contributed by atoms with Crippen LogP contribution in [-0.4, -0.2) is 69.8 Å². The molecule has 1 saturated heterocycles. The Bertz CT molecular complexity index is 2120. The van der Waals surface area contributed by atoms with Crippen molar-refractivity contribution in [2.24, 2.45) is 5.16 Å². The number of thiazole rings is 2. The SMILES string of the molecule is CO/N=C(/C(=O)NC1C(=O)N2C(C(=O)OC)=C(/C=C\c3scnc3C)CSC12)c1csc(NC(c2ccccc2)(c2ccccc2)c2ccccc2)n1. The first-order valence-electron chi connectivity index (χ1n) is 16.5.